The number of anilines is 1. The molecule has 4 aromatic rings. The molecule has 1 aromatic heterocycles. The van der Waals surface area contributed by atoms with Crippen molar-refractivity contribution in [2.75, 3.05) is 44.5 Å². The maximum atomic E-state index is 13.8. The number of piperidine rings is 1. The number of amides is 5. The fraction of sp³-hybridized carbons (Fsp3) is 0.510. The molecule has 0 saturated carbocycles. The second-order valence-corrected chi connectivity index (χ2v) is 17.2. The minimum Gasteiger partial charge on any atom is -0.379 e. The highest BCUT2D eigenvalue weighted by Gasteiger charge is 2.41. The van der Waals surface area contributed by atoms with Gasteiger partial charge in [-0.1, -0.05) is 54.6 Å². The van der Waals surface area contributed by atoms with Gasteiger partial charge in [0, 0.05) is 45.9 Å². The number of aromatic nitrogens is 2. The van der Waals surface area contributed by atoms with Crippen molar-refractivity contribution < 1.29 is 42.9 Å². The predicted octanol–water partition coefficient (Wildman–Crippen LogP) is 3.88. The first kappa shape index (κ1) is 47.3. The number of nitrogens with zero attached hydrogens (tertiary/aromatic N) is 3. The number of rotatable bonds is 24. The number of aryl methyl sites for hydroxylation is 4. The number of ether oxygens (including phenoxy) is 4. The highest BCUT2D eigenvalue weighted by molar-refractivity contribution is 6.05. The van der Waals surface area contributed by atoms with Crippen LogP contribution in [0.15, 0.2) is 65.5 Å². The zero-order chi connectivity index (χ0) is 45.9. The molecule has 3 aliphatic rings. The highest BCUT2D eigenvalue weighted by atomic mass is 16.5. The number of para-hydroxylation sites is 2. The Balaban J connectivity index is 0.749. The molecule has 348 valence electrons. The van der Waals surface area contributed by atoms with Crippen molar-refractivity contribution in [2.45, 2.75) is 115 Å². The van der Waals surface area contributed by atoms with Gasteiger partial charge in [0.1, 0.15) is 12.1 Å². The molecule has 65 heavy (non-hydrogen) atoms. The van der Waals surface area contributed by atoms with Crippen LogP contribution < -0.4 is 27.0 Å². The third kappa shape index (κ3) is 11.8. The van der Waals surface area contributed by atoms with Crippen LogP contribution in [0.2, 0.25) is 0 Å². The molecule has 1 unspecified atom stereocenters. The number of primary amides is 1. The van der Waals surface area contributed by atoms with Crippen LogP contribution in [0.3, 0.4) is 0 Å². The summed E-state index contributed by atoms with van der Waals surface area (Å²) in [5.41, 5.74) is 12.8. The summed E-state index contributed by atoms with van der Waals surface area (Å²) in [6, 6.07) is 18.1. The largest absolute Gasteiger partial charge is 0.379 e. The molecule has 0 radical (unpaired) electrons. The molecular formula is C49H62N6O10. The first-order valence-electron chi connectivity index (χ1n) is 23.0. The quantitative estimate of drug-likeness (QED) is 0.0685. The van der Waals surface area contributed by atoms with Crippen molar-refractivity contribution in [3.05, 3.63) is 99.0 Å². The minimum absolute atomic E-state index is 0.0380. The summed E-state index contributed by atoms with van der Waals surface area (Å²) >= 11 is 0. The zero-order valence-corrected chi connectivity index (χ0v) is 37.5. The Labute approximate surface area is 379 Å². The number of hydrogen-bond acceptors (Lipinski definition) is 10. The second kappa shape index (κ2) is 22.5. The normalized spacial score (nSPS) is 18.1. The number of nitrogens with two attached hydrogens (primary N) is 1. The molecule has 7 rings (SSSR count). The van der Waals surface area contributed by atoms with E-state index >= 15 is 0 Å². The summed E-state index contributed by atoms with van der Waals surface area (Å²) in [4.78, 5) is 77.7. The van der Waals surface area contributed by atoms with Crippen LogP contribution in [0.4, 0.5) is 5.69 Å². The molecule has 0 aliphatic carbocycles. The molecule has 16 heteroatoms. The molecule has 4 N–H and O–H groups in total. The Bertz CT molecular complexity index is 2390. The van der Waals surface area contributed by atoms with Crippen LogP contribution in [0.1, 0.15) is 92.1 Å². The van der Waals surface area contributed by atoms with E-state index in [1.807, 2.05) is 55.5 Å². The lowest BCUT2D eigenvalue weighted by Gasteiger charge is -2.29. The lowest BCUT2D eigenvalue weighted by molar-refractivity contribution is -0.135. The van der Waals surface area contributed by atoms with Crippen molar-refractivity contribution >= 4 is 46.3 Å². The van der Waals surface area contributed by atoms with E-state index in [2.05, 4.69) is 22.8 Å². The number of fused-ring (bicyclic) bond motifs is 1. The van der Waals surface area contributed by atoms with Gasteiger partial charge >= 0.3 is 5.69 Å². The lowest BCUT2D eigenvalue weighted by Crippen LogP contribution is -2.53. The van der Waals surface area contributed by atoms with Gasteiger partial charge in [0.25, 0.3) is 0 Å². The van der Waals surface area contributed by atoms with Gasteiger partial charge in [0.05, 0.1) is 61.9 Å². The summed E-state index contributed by atoms with van der Waals surface area (Å²) in [7, 11) is 1.71. The van der Waals surface area contributed by atoms with Crippen molar-refractivity contribution in [2.24, 2.45) is 12.8 Å². The third-order valence-corrected chi connectivity index (χ3v) is 12.6. The number of benzene rings is 3. The molecule has 5 amide bonds. The van der Waals surface area contributed by atoms with E-state index in [1.54, 1.807) is 16.5 Å². The van der Waals surface area contributed by atoms with Gasteiger partial charge in [-0.25, -0.2) is 4.79 Å². The van der Waals surface area contributed by atoms with Gasteiger partial charge in [-0.15, -0.1) is 0 Å². The van der Waals surface area contributed by atoms with Gasteiger partial charge < -0.3 is 30.0 Å². The molecule has 16 nitrogen and oxygen atoms in total. The lowest BCUT2D eigenvalue weighted by atomic mass is 10.0. The molecule has 3 aromatic carbocycles. The summed E-state index contributed by atoms with van der Waals surface area (Å²) < 4.78 is 26.6. The van der Waals surface area contributed by atoms with Crippen LogP contribution in [0.5, 0.6) is 0 Å². The summed E-state index contributed by atoms with van der Waals surface area (Å²) in [5, 5.41) is 5.46. The van der Waals surface area contributed by atoms with E-state index in [0.29, 0.717) is 83.9 Å². The van der Waals surface area contributed by atoms with Gasteiger partial charge in [0.2, 0.25) is 29.5 Å². The average Bonchev–Trinajstić information content (AvgIpc) is 3.75. The van der Waals surface area contributed by atoms with E-state index in [-0.39, 0.29) is 36.3 Å². The number of hydrogen-bond donors (Lipinski definition) is 3. The number of carbonyl (C=O) groups is 5. The minimum atomic E-state index is -0.712. The van der Waals surface area contributed by atoms with Crippen molar-refractivity contribution in [3.8, 4) is 0 Å². The fourth-order valence-electron chi connectivity index (χ4n) is 9.22. The predicted molar refractivity (Wildman–Crippen MR) is 243 cm³/mol. The number of carbonyl (C=O) groups excluding carboxylic acids is 5. The van der Waals surface area contributed by atoms with Gasteiger partial charge in [-0.3, -0.25) is 43.3 Å². The average molecular weight is 895 g/mol. The van der Waals surface area contributed by atoms with Gasteiger partial charge in [0.15, 0.2) is 0 Å². The first-order chi connectivity index (χ1) is 31.5. The molecule has 4 heterocycles. The monoisotopic (exact) mass is 894 g/mol. The smallest absolute Gasteiger partial charge is 0.329 e. The molecule has 4 atom stereocenters. The van der Waals surface area contributed by atoms with Crippen LogP contribution in [-0.4, -0.2) is 96.5 Å². The van der Waals surface area contributed by atoms with E-state index in [4.69, 9.17) is 24.7 Å². The number of nitrogens with one attached hydrogen (secondary N) is 2. The van der Waals surface area contributed by atoms with E-state index in [0.717, 1.165) is 65.6 Å². The Morgan fingerprint density at radius 3 is 2.23 bits per heavy atom. The number of imidazole rings is 1. The van der Waals surface area contributed by atoms with Crippen LogP contribution >= 0.6 is 0 Å². The van der Waals surface area contributed by atoms with E-state index < -0.39 is 36.0 Å². The second-order valence-electron chi connectivity index (χ2n) is 17.2. The summed E-state index contributed by atoms with van der Waals surface area (Å²) in [6.45, 7) is 5.22. The molecular weight excluding hydrogens is 833 g/mol. The molecule has 0 spiro atoms. The Morgan fingerprint density at radius 2 is 1.51 bits per heavy atom. The van der Waals surface area contributed by atoms with Crippen molar-refractivity contribution in [3.63, 3.8) is 0 Å². The van der Waals surface area contributed by atoms with Crippen molar-refractivity contribution in [1.29, 1.82) is 0 Å². The van der Waals surface area contributed by atoms with E-state index in [9.17, 15) is 28.8 Å². The Hall–Kier alpha value is -5.68. The molecule has 1 fully saturated rings. The SMILES string of the molecule is C[C@@H](OCc1ccc(CCCOCCOCCOCCCc2cccc3c2n(C)c(=O)n3C2CCC(=O)NC2=O)cc1)[C@H](CCC(N)=O)NC(=O)[C@@H]1Cc2cccc3c2N1C(=O)CCC3. The summed E-state index contributed by atoms with van der Waals surface area (Å²) in [6.07, 6.45) is 6.07. The molecule has 1 saturated heterocycles. The van der Waals surface area contributed by atoms with E-state index in [1.165, 1.54) is 10.1 Å². The standard InChI is InChI=1S/C49H62N6O10/c1-32(38(20-22-42(50)56)51-48(60)41-30-37-12-3-9-35-11-5-15-44(58)55(41)45(35)37)65-31-34-18-16-33(17-19-34)8-6-24-62-26-28-64-29-27-63-25-7-13-36-10-4-14-39-46(36)53(2)49(61)54(39)40-21-23-43(57)52-47(40)59/h3-4,9-10,12,14,16-19,32,38,40-41H,5-8,11,13,15,20-31H2,1-2H3,(H2,50,56)(H,51,60)(H,52,57,59)/t32-,38+,40?,41+/m1/s1. The van der Waals surface area contributed by atoms with Crippen LogP contribution in [0.25, 0.3) is 11.0 Å². The zero-order valence-electron chi connectivity index (χ0n) is 37.5. The van der Waals surface area contributed by atoms with Gasteiger partial charge in [-0.05, 0) is 92.2 Å². The number of imide groups is 1. The third-order valence-electron chi connectivity index (χ3n) is 12.6. The Morgan fingerprint density at radius 1 is 0.831 bits per heavy atom. The molecule has 3 aliphatic heterocycles. The Kier molecular flexibility index (Phi) is 16.4. The summed E-state index contributed by atoms with van der Waals surface area (Å²) in [5.74, 6) is -1.51. The maximum Gasteiger partial charge on any atom is 0.329 e. The first-order valence-corrected chi connectivity index (χ1v) is 23.0. The van der Waals surface area contributed by atoms with Crippen LogP contribution in [0, 0.1) is 0 Å². The fourth-order valence-corrected chi connectivity index (χ4v) is 9.22. The van der Waals surface area contributed by atoms with Crippen LogP contribution in [-0.2, 0) is 82.3 Å². The van der Waals surface area contributed by atoms with Crippen molar-refractivity contribution in [1.82, 2.24) is 19.8 Å². The maximum absolute atomic E-state index is 13.8. The molecule has 0 bridgehead atoms. The van der Waals surface area contributed by atoms with Gasteiger partial charge in [-0.2, -0.15) is 0 Å². The highest BCUT2D eigenvalue weighted by Crippen LogP contribution is 2.39. The topological polar surface area (TPSA) is 203 Å².